The summed E-state index contributed by atoms with van der Waals surface area (Å²) in [6, 6.07) is 1.01. The topological polar surface area (TPSA) is 44.7 Å². The van der Waals surface area contributed by atoms with Crippen LogP contribution in [0, 0.1) is 0 Å². The highest BCUT2D eigenvalue weighted by molar-refractivity contribution is 5.01. The highest BCUT2D eigenvalue weighted by atomic mass is 16.5. The Labute approximate surface area is 117 Å². The minimum absolute atomic E-state index is 0.0335. The minimum atomic E-state index is -0.0682. The Morgan fingerprint density at radius 1 is 1.42 bits per heavy atom. The molecule has 2 fully saturated rings. The maximum atomic E-state index is 9.78. The van der Waals surface area contributed by atoms with Gasteiger partial charge >= 0.3 is 0 Å². The van der Waals surface area contributed by atoms with Gasteiger partial charge in [0.15, 0.2) is 0 Å². The molecular formula is C15H30N2O2. The highest BCUT2D eigenvalue weighted by Gasteiger charge is 2.42. The third-order valence-electron chi connectivity index (χ3n) is 4.45. The SMILES string of the molecule is CC(C)NC1(CO)CCC(N2CCOC(C)(C)C2)C1. The van der Waals surface area contributed by atoms with Crippen LogP contribution in [0.4, 0.5) is 0 Å². The van der Waals surface area contributed by atoms with Crippen LogP contribution in [0.3, 0.4) is 0 Å². The number of hydrogen-bond acceptors (Lipinski definition) is 4. The van der Waals surface area contributed by atoms with Gasteiger partial charge in [-0.3, -0.25) is 4.90 Å². The van der Waals surface area contributed by atoms with E-state index in [2.05, 4.69) is 37.9 Å². The van der Waals surface area contributed by atoms with E-state index in [0.717, 1.165) is 32.5 Å². The Morgan fingerprint density at radius 3 is 2.74 bits per heavy atom. The first-order valence-corrected chi connectivity index (χ1v) is 7.62. The Bertz CT molecular complexity index is 307. The van der Waals surface area contributed by atoms with E-state index in [1.807, 2.05) is 0 Å². The number of aliphatic hydroxyl groups is 1. The number of morpholine rings is 1. The molecule has 0 radical (unpaired) electrons. The average Bonchev–Trinajstić information content (AvgIpc) is 2.72. The Balaban J connectivity index is 1.97. The first kappa shape index (κ1) is 15.2. The number of hydrogen-bond donors (Lipinski definition) is 2. The van der Waals surface area contributed by atoms with E-state index >= 15 is 0 Å². The zero-order chi connectivity index (χ0) is 14.1. The van der Waals surface area contributed by atoms with Crippen molar-refractivity contribution in [2.75, 3.05) is 26.3 Å². The second kappa shape index (κ2) is 5.68. The van der Waals surface area contributed by atoms with Crippen LogP contribution in [0.15, 0.2) is 0 Å². The molecule has 2 unspecified atom stereocenters. The summed E-state index contributed by atoms with van der Waals surface area (Å²) in [5, 5.41) is 13.4. The van der Waals surface area contributed by atoms with Gasteiger partial charge in [-0.05, 0) is 33.1 Å². The molecule has 0 aromatic carbocycles. The fraction of sp³-hybridized carbons (Fsp3) is 1.00. The maximum Gasteiger partial charge on any atom is 0.0753 e. The second-order valence-corrected chi connectivity index (χ2v) is 7.21. The largest absolute Gasteiger partial charge is 0.394 e. The van der Waals surface area contributed by atoms with Crippen molar-refractivity contribution < 1.29 is 9.84 Å². The summed E-state index contributed by atoms with van der Waals surface area (Å²) >= 11 is 0. The Morgan fingerprint density at radius 2 is 2.16 bits per heavy atom. The third-order valence-corrected chi connectivity index (χ3v) is 4.45. The quantitative estimate of drug-likeness (QED) is 0.810. The molecule has 2 N–H and O–H groups in total. The molecule has 1 saturated heterocycles. The fourth-order valence-corrected chi connectivity index (χ4v) is 3.71. The van der Waals surface area contributed by atoms with E-state index < -0.39 is 0 Å². The molecule has 1 aliphatic carbocycles. The van der Waals surface area contributed by atoms with Crippen molar-refractivity contribution in [3.63, 3.8) is 0 Å². The highest BCUT2D eigenvalue weighted by Crippen LogP contribution is 2.35. The number of ether oxygens (including phenoxy) is 1. The van der Waals surface area contributed by atoms with Gasteiger partial charge in [0.2, 0.25) is 0 Å². The number of rotatable bonds is 4. The number of aliphatic hydroxyl groups excluding tert-OH is 1. The molecule has 0 amide bonds. The van der Waals surface area contributed by atoms with Crippen LogP contribution in [0.1, 0.15) is 47.0 Å². The van der Waals surface area contributed by atoms with Gasteiger partial charge in [-0.2, -0.15) is 0 Å². The van der Waals surface area contributed by atoms with Gasteiger partial charge in [-0.15, -0.1) is 0 Å². The summed E-state index contributed by atoms with van der Waals surface area (Å²) in [5.41, 5.74) is -0.102. The van der Waals surface area contributed by atoms with Gasteiger partial charge < -0.3 is 15.2 Å². The first-order valence-electron chi connectivity index (χ1n) is 7.62. The summed E-state index contributed by atoms with van der Waals surface area (Å²) in [6.45, 7) is 11.7. The normalized spacial score (nSPS) is 36.0. The number of nitrogens with one attached hydrogen (secondary N) is 1. The Kier molecular flexibility index (Phi) is 4.56. The predicted molar refractivity (Wildman–Crippen MR) is 77.3 cm³/mol. The molecule has 4 nitrogen and oxygen atoms in total. The molecule has 0 aromatic heterocycles. The summed E-state index contributed by atoms with van der Waals surface area (Å²) < 4.78 is 5.79. The van der Waals surface area contributed by atoms with E-state index in [1.54, 1.807) is 0 Å². The molecule has 0 spiro atoms. The van der Waals surface area contributed by atoms with Crippen LogP contribution in [0.5, 0.6) is 0 Å². The number of nitrogens with zero attached hydrogens (tertiary/aromatic N) is 1. The summed E-state index contributed by atoms with van der Waals surface area (Å²) in [4.78, 5) is 2.56. The third kappa shape index (κ3) is 3.69. The average molecular weight is 270 g/mol. The van der Waals surface area contributed by atoms with Gasteiger partial charge in [0.1, 0.15) is 0 Å². The van der Waals surface area contributed by atoms with Crippen LogP contribution in [0.2, 0.25) is 0 Å². The van der Waals surface area contributed by atoms with Crippen LogP contribution >= 0.6 is 0 Å². The Hall–Kier alpha value is -0.160. The first-order chi connectivity index (χ1) is 8.86. The van der Waals surface area contributed by atoms with Crippen molar-refractivity contribution in [3.8, 4) is 0 Å². The molecule has 1 saturated carbocycles. The lowest BCUT2D eigenvalue weighted by Crippen LogP contribution is -2.54. The second-order valence-electron chi connectivity index (χ2n) is 7.21. The lowest BCUT2D eigenvalue weighted by atomic mass is 9.96. The van der Waals surface area contributed by atoms with E-state index in [1.165, 1.54) is 6.42 Å². The standard InChI is InChI=1S/C15H30N2O2/c1-12(2)16-15(11-18)6-5-13(9-15)17-7-8-19-14(3,4)10-17/h12-13,16,18H,5-11H2,1-4H3. The molecule has 2 atom stereocenters. The van der Waals surface area contributed by atoms with Crippen molar-refractivity contribution in [1.29, 1.82) is 0 Å². The van der Waals surface area contributed by atoms with Gasteiger partial charge in [-0.25, -0.2) is 0 Å². The zero-order valence-corrected chi connectivity index (χ0v) is 12.9. The smallest absolute Gasteiger partial charge is 0.0753 e. The van der Waals surface area contributed by atoms with Gasteiger partial charge in [0, 0.05) is 30.7 Å². The van der Waals surface area contributed by atoms with Crippen LogP contribution < -0.4 is 5.32 Å². The van der Waals surface area contributed by atoms with Crippen molar-refractivity contribution in [1.82, 2.24) is 10.2 Å². The molecular weight excluding hydrogens is 240 g/mol. The van der Waals surface area contributed by atoms with Gasteiger partial charge in [-0.1, -0.05) is 13.8 Å². The van der Waals surface area contributed by atoms with Crippen LogP contribution in [-0.4, -0.2) is 59.5 Å². The van der Waals surface area contributed by atoms with Crippen LogP contribution in [0.25, 0.3) is 0 Å². The van der Waals surface area contributed by atoms with Crippen molar-refractivity contribution in [2.24, 2.45) is 0 Å². The minimum Gasteiger partial charge on any atom is -0.394 e. The summed E-state index contributed by atoms with van der Waals surface area (Å²) in [7, 11) is 0. The predicted octanol–water partition coefficient (Wildman–Crippen LogP) is 1.38. The monoisotopic (exact) mass is 270 g/mol. The van der Waals surface area contributed by atoms with Crippen molar-refractivity contribution in [2.45, 2.75) is 70.2 Å². The summed E-state index contributed by atoms with van der Waals surface area (Å²) in [6.07, 6.45) is 3.30. The lowest BCUT2D eigenvalue weighted by molar-refractivity contribution is -0.0972. The molecule has 112 valence electrons. The lowest BCUT2D eigenvalue weighted by Gasteiger charge is -2.42. The maximum absolute atomic E-state index is 9.78. The molecule has 19 heavy (non-hydrogen) atoms. The molecule has 1 aliphatic heterocycles. The van der Waals surface area contributed by atoms with E-state index in [9.17, 15) is 5.11 Å². The van der Waals surface area contributed by atoms with Crippen molar-refractivity contribution >= 4 is 0 Å². The van der Waals surface area contributed by atoms with E-state index in [0.29, 0.717) is 12.1 Å². The van der Waals surface area contributed by atoms with E-state index in [4.69, 9.17) is 4.74 Å². The zero-order valence-electron chi connectivity index (χ0n) is 12.9. The van der Waals surface area contributed by atoms with Crippen LogP contribution in [-0.2, 0) is 4.74 Å². The fourth-order valence-electron chi connectivity index (χ4n) is 3.71. The molecule has 0 aromatic rings. The molecule has 2 aliphatic rings. The molecule has 0 bridgehead atoms. The molecule has 1 heterocycles. The molecule has 4 heteroatoms. The molecule has 2 rings (SSSR count). The van der Waals surface area contributed by atoms with E-state index in [-0.39, 0.29) is 17.7 Å². The van der Waals surface area contributed by atoms with Gasteiger partial charge in [0.05, 0.1) is 18.8 Å². The van der Waals surface area contributed by atoms with Gasteiger partial charge in [0.25, 0.3) is 0 Å². The summed E-state index contributed by atoms with van der Waals surface area (Å²) in [5.74, 6) is 0. The van der Waals surface area contributed by atoms with Crippen molar-refractivity contribution in [3.05, 3.63) is 0 Å².